The van der Waals surface area contributed by atoms with Crippen molar-refractivity contribution in [1.82, 2.24) is 0 Å². The van der Waals surface area contributed by atoms with Gasteiger partial charge in [-0.1, -0.05) is 26.7 Å². The number of carboxylic acid groups (broad SMARTS) is 2. The van der Waals surface area contributed by atoms with E-state index < -0.39 is 18.0 Å². The maximum Gasteiger partial charge on any atom is 0.320 e. The Labute approximate surface area is 83.9 Å². The normalized spacial score (nSPS) is 11.1. The molecule has 0 aromatic heterocycles. The molecule has 0 aliphatic carbocycles. The average Bonchev–Trinajstić information content (AvgIpc) is 2.14. The van der Waals surface area contributed by atoms with Gasteiger partial charge in [0.05, 0.1) is 0 Å². The molecule has 0 heterocycles. The zero-order chi connectivity index (χ0) is 11.6. The summed E-state index contributed by atoms with van der Waals surface area (Å²) in [6.07, 6.45) is 2.41. The summed E-state index contributed by atoms with van der Waals surface area (Å²) in [5.74, 6) is -2.20. The molecule has 0 aromatic rings. The summed E-state index contributed by atoms with van der Waals surface area (Å²) in [4.78, 5) is 19.9. The molecule has 0 radical (unpaired) electrons. The SMILES string of the molecule is CCCC.NC(CCC(=O)O)C(=O)O. The van der Waals surface area contributed by atoms with Crippen molar-refractivity contribution < 1.29 is 19.8 Å². The Hall–Kier alpha value is -1.10. The predicted molar refractivity (Wildman–Crippen MR) is 53.1 cm³/mol. The maximum absolute atomic E-state index is 9.99. The van der Waals surface area contributed by atoms with Crippen molar-refractivity contribution in [3.63, 3.8) is 0 Å². The third-order valence-corrected chi connectivity index (χ3v) is 1.49. The van der Waals surface area contributed by atoms with Crippen LogP contribution in [0.3, 0.4) is 0 Å². The van der Waals surface area contributed by atoms with Gasteiger partial charge in [0.25, 0.3) is 0 Å². The number of hydrogen-bond acceptors (Lipinski definition) is 3. The smallest absolute Gasteiger partial charge is 0.320 e. The van der Waals surface area contributed by atoms with Gasteiger partial charge in [-0.05, 0) is 6.42 Å². The van der Waals surface area contributed by atoms with Gasteiger partial charge >= 0.3 is 11.9 Å². The van der Waals surface area contributed by atoms with Gasteiger partial charge in [0.15, 0.2) is 0 Å². The Morgan fingerprint density at radius 3 is 1.86 bits per heavy atom. The fraction of sp³-hybridized carbons (Fsp3) is 0.778. The number of rotatable bonds is 5. The number of carboxylic acids is 2. The summed E-state index contributed by atoms with van der Waals surface area (Å²) < 4.78 is 0. The van der Waals surface area contributed by atoms with Crippen LogP contribution >= 0.6 is 0 Å². The Morgan fingerprint density at radius 1 is 1.21 bits per heavy atom. The monoisotopic (exact) mass is 205 g/mol. The summed E-state index contributed by atoms with van der Waals surface area (Å²) in [5, 5.41) is 16.3. The second-order valence-corrected chi connectivity index (χ2v) is 2.88. The molecule has 0 bridgehead atoms. The van der Waals surface area contributed by atoms with Gasteiger partial charge in [0.2, 0.25) is 0 Å². The van der Waals surface area contributed by atoms with Crippen LogP contribution in [0.1, 0.15) is 39.5 Å². The summed E-state index contributed by atoms with van der Waals surface area (Å²) in [5.41, 5.74) is 5.00. The average molecular weight is 205 g/mol. The molecule has 0 saturated carbocycles. The van der Waals surface area contributed by atoms with Crippen molar-refractivity contribution in [2.45, 2.75) is 45.6 Å². The minimum Gasteiger partial charge on any atom is -0.481 e. The van der Waals surface area contributed by atoms with Crippen LogP contribution in [0, 0.1) is 0 Å². The summed E-state index contributed by atoms with van der Waals surface area (Å²) in [7, 11) is 0. The Balaban J connectivity index is 0. The van der Waals surface area contributed by atoms with Gasteiger partial charge in [-0.15, -0.1) is 0 Å². The Kier molecular flexibility index (Phi) is 11.0. The summed E-state index contributed by atoms with van der Waals surface area (Å²) >= 11 is 0. The molecule has 0 spiro atoms. The molecule has 0 aliphatic heterocycles. The molecule has 0 saturated heterocycles. The molecule has 5 heteroatoms. The first-order chi connectivity index (χ1) is 6.45. The lowest BCUT2D eigenvalue weighted by Crippen LogP contribution is -2.30. The molecule has 0 aromatic carbocycles. The highest BCUT2D eigenvalue weighted by Gasteiger charge is 2.12. The number of nitrogens with two attached hydrogens (primary N) is 1. The van der Waals surface area contributed by atoms with Crippen LogP contribution in [-0.2, 0) is 9.59 Å². The topological polar surface area (TPSA) is 101 Å². The van der Waals surface area contributed by atoms with E-state index >= 15 is 0 Å². The van der Waals surface area contributed by atoms with Gasteiger partial charge in [0, 0.05) is 6.42 Å². The van der Waals surface area contributed by atoms with Crippen LogP contribution in [0.15, 0.2) is 0 Å². The van der Waals surface area contributed by atoms with Crippen LogP contribution in [0.2, 0.25) is 0 Å². The van der Waals surface area contributed by atoms with Crippen molar-refractivity contribution in [3.05, 3.63) is 0 Å². The van der Waals surface area contributed by atoms with E-state index in [4.69, 9.17) is 15.9 Å². The van der Waals surface area contributed by atoms with Crippen LogP contribution in [0.25, 0.3) is 0 Å². The minimum absolute atomic E-state index is 0.0231. The van der Waals surface area contributed by atoms with Crippen LogP contribution in [-0.4, -0.2) is 28.2 Å². The fourth-order valence-electron chi connectivity index (χ4n) is 0.402. The van der Waals surface area contributed by atoms with E-state index in [1.165, 1.54) is 12.8 Å². The molecule has 14 heavy (non-hydrogen) atoms. The molecular weight excluding hydrogens is 186 g/mol. The quantitative estimate of drug-likeness (QED) is 0.623. The lowest BCUT2D eigenvalue weighted by Gasteiger charge is -2.01. The number of hydrogen-bond donors (Lipinski definition) is 3. The molecule has 1 unspecified atom stereocenters. The molecule has 5 nitrogen and oxygen atoms in total. The minimum atomic E-state index is -1.17. The van der Waals surface area contributed by atoms with Crippen molar-refractivity contribution in [1.29, 1.82) is 0 Å². The van der Waals surface area contributed by atoms with Gasteiger partial charge < -0.3 is 15.9 Å². The second-order valence-electron chi connectivity index (χ2n) is 2.88. The predicted octanol–water partition coefficient (Wildman–Crippen LogP) is 1.07. The number of aliphatic carboxylic acids is 2. The zero-order valence-corrected chi connectivity index (χ0v) is 8.69. The fourth-order valence-corrected chi connectivity index (χ4v) is 0.402. The first-order valence-corrected chi connectivity index (χ1v) is 4.65. The second kappa shape index (κ2) is 9.98. The molecule has 0 rings (SSSR count). The maximum atomic E-state index is 9.99. The van der Waals surface area contributed by atoms with E-state index in [1.54, 1.807) is 0 Å². The summed E-state index contributed by atoms with van der Waals surface area (Å²) in [6.45, 7) is 4.36. The van der Waals surface area contributed by atoms with E-state index in [-0.39, 0.29) is 12.8 Å². The molecular formula is C9H19NO4. The highest BCUT2D eigenvalue weighted by atomic mass is 16.4. The molecule has 1 atom stereocenters. The van der Waals surface area contributed by atoms with Gasteiger partial charge in [-0.25, -0.2) is 0 Å². The van der Waals surface area contributed by atoms with E-state index in [0.717, 1.165) is 0 Å². The highest BCUT2D eigenvalue weighted by Crippen LogP contribution is 1.93. The molecule has 4 N–H and O–H groups in total. The largest absolute Gasteiger partial charge is 0.481 e. The van der Waals surface area contributed by atoms with E-state index in [0.29, 0.717) is 0 Å². The van der Waals surface area contributed by atoms with Crippen molar-refractivity contribution in [2.24, 2.45) is 5.73 Å². The van der Waals surface area contributed by atoms with E-state index in [2.05, 4.69) is 13.8 Å². The summed E-state index contributed by atoms with van der Waals surface area (Å²) in [6, 6.07) is -1.06. The Morgan fingerprint density at radius 2 is 1.64 bits per heavy atom. The van der Waals surface area contributed by atoms with Crippen molar-refractivity contribution in [2.75, 3.05) is 0 Å². The third-order valence-electron chi connectivity index (χ3n) is 1.49. The highest BCUT2D eigenvalue weighted by molar-refractivity contribution is 5.74. The third kappa shape index (κ3) is 13.5. The first kappa shape index (κ1) is 15.4. The van der Waals surface area contributed by atoms with Crippen LogP contribution in [0.5, 0.6) is 0 Å². The molecule has 0 fully saturated rings. The lowest BCUT2D eigenvalue weighted by molar-refractivity contribution is -0.139. The zero-order valence-electron chi connectivity index (χ0n) is 8.69. The lowest BCUT2D eigenvalue weighted by atomic mass is 10.2. The first-order valence-electron chi connectivity index (χ1n) is 4.65. The molecule has 0 aliphatic rings. The van der Waals surface area contributed by atoms with Gasteiger partial charge in [-0.2, -0.15) is 0 Å². The van der Waals surface area contributed by atoms with E-state index in [9.17, 15) is 9.59 Å². The standard InChI is InChI=1S/C5H9NO4.C4H10/c6-3(5(9)10)1-2-4(7)8;1-3-4-2/h3H,1-2,6H2,(H,7,8)(H,9,10);3-4H2,1-2H3. The van der Waals surface area contributed by atoms with Gasteiger partial charge in [0.1, 0.15) is 6.04 Å². The van der Waals surface area contributed by atoms with Gasteiger partial charge in [-0.3, -0.25) is 9.59 Å². The Bertz CT molecular complexity index is 168. The van der Waals surface area contributed by atoms with Crippen LogP contribution in [0.4, 0.5) is 0 Å². The number of carbonyl (C=O) groups is 2. The van der Waals surface area contributed by atoms with Crippen molar-refractivity contribution >= 4 is 11.9 Å². The van der Waals surface area contributed by atoms with E-state index in [1.807, 2.05) is 0 Å². The molecule has 0 amide bonds. The van der Waals surface area contributed by atoms with Crippen LogP contribution < -0.4 is 5.73 Å². The number of unbranched alkanes of at least 4 members (excludes halogenated alkanes) is 1. The molecule has 84 valence electrons. The van der Waals surface area contributed by atoms with Crippen molar-refractivity contribution in [3.8, 4) is 0 Å².